The molecule has 1 fully saturated rings. The Kier molecular flexibility index (Phi) is 6.89. The highest BCUT2D eigenvalue weighted by Gasteiger charge is 2.35. The Balaban J connectivity index is 2.48. The molecular weight excluding hydrogens is 244 g/mol. The summed E-state index contributed by atoms with van der Waals surface area (Å²) in [6.07, 6.45) is 9.50. The number of carboxylic acids is 1. The summed E-state index contributed by atoms with van der Waals surface area (Å²) in [4.78, 5) is 22.2. The summed E-state index contributed by atoms with van der Waals surface area (Å²) in [5.74, 6) is -1.29. The molecule has 0 amide bonds. The first-order valence-corrected chi connectivity index (χ1v) is 7.51. The Morgan fingerprint density at radius 3 is 2.37 bits per heavy atom. The van der Waals surface area contributed by atoms with Gasteiger partial charge in [-0.05, 0) is 38.5 Å². The predicted octanol–water partition coefficient (Wildman–Crippen LogP) is 3.68. The smallest absolute Gasteiger partial charge is 0.306 e. The Morgan fingerprint density at radius 2 is 1.79 bits per heavy atom. The molecule has 0 aromatic rings. The fourth-order valence-corrected chi connectivity index (χ4v) is 2.80. The van der Waals surface area contributed by atoms with Crippen molar-refractivity contribution in [3.63, 3.8) is 0 Å². The molecule has 0 bridgehead atoms. The minimum absolute atomic E-state index is 0.00907. The SMILES string of the molecule is CCCCCC1(OC(=O)CCC(=O)O)CCCCC1. The molecule has 0 aliphatic heterocycles. The van der Waals surface area contributed by atoms with E-state index in [2.05, 4.69) is 6.92 Å². The summed E-state index contributed by atoms with van der Waals surface area (Å²) < 4.78 is 5.67. The molecule has 1 aliphatic carbocycles. The lowest BCUT2D eigenvalue weighted by Crippen LogP contribution is -2.37. The number of unbranched alkanes of at least 4 members (excludes halogenated alkanes) is 2. The average Bonchev–Trinajstić information content (AvgIpc) is 2.38. The maximum atomic E-state index is 11.8. The van der Waals surface area contributed by atoms with Gasteiger partial charge in [-0.2, -0.15) is 0 Å². The van der Waals surface area contributed by atoms with Crippen LogP contribution >= 0.6 is 0 Å². The minimum atomic E-state index is -0.944. The van der Waals surface area contributed by atoms with E-state index in [9.17, 15) is 9.59 Å². The van der Waals surface area contributed by atoms with Gasteiger partial charge in [0.2, 0.25) is 0 Å². The highest BCUT2D eigenvalue weighted by Crippen LogP contribution is 2.36. The first kappa shape index (κ1) is 16.0. The Bertz CT molecular complexity index is 293. The second-order valence-electron chi connectivity index (χ2n) is 5.57. The van der Waals surface area contributed by atoms with Crippen molar-refractivity contribution in [3.05, 3.63) is 0 Å². The molecule has 0 radical (unpaired) electrons. The number of aliphatic carboxylic acids is 1. The van der Waals surface area contributed by atoms with Crippen LogP contribution in [-0.4, -0.2) is 22.6 Å². The van der Waals surface area contributed by atoms with Crippen LogP contribution in [0, 0.1) is 0 Å². The maximum absolute atomic E-state index is 11.8. The molecule has 1 aliphatic rings. The van der Waals surface area contributed by atoms with E-state index in [4.69, 9.17) is 9.84 Å². The predicted molar refractivity (Wildman–Crippen MR) is 72.9 cm³/mol. The molecule has 0 spiro atoms. The first-order chi connectivity index (χ1) is 9.08. The fraction of sp³-hybridized carbons (Fsp3) is 0.867. The molecule has 4 heteroatoms. The van der Waals surface area contributed by atoms with Crippen LogP contribution in [0.2, 0.25) is 0 Å². The molecule has 0 atom stereocenters. The van der Waals surface area contributed by atoms with E-state index in [1.165, 1.54) is 6.42 Å². The van der Waals surface area contributed by atoms with E-state index in [0.29, 0.717) is 0 Å². The Labute approximate surface area is 115 Å². The zero-order valence-corrected chi connectivity index (χ0v) is 12.0. The van der Waals surface area contributed by atoms with Gasteiger partial charge in [0, 0.05) is 0 Å². The average molecular weight is 270 g/mol. The molecule has 1 N–H and O–H groups in total. The number of esters is 1. The molecule has 110 valence electrons. The van der Waals surface area contributed by atoms with E-state index < -0.39 is 5.97 Å². The lowest BCUT2D eigenvalue weighted by molar-refractivity contribution is -0.166. The van der Waals surface area contributed by atoms with Crippen molar-refractivity contribution >= 4 is 11.9 Å². The molecule has 1 rings (SSSR count). The molecule has 4 nitrogen and oxygen atoms in total. The van der Waals surface area contributed by atoms with Gasteiger partial charge in [-0.3, -0.25) is 9.59 Å². The van der Waals surface area contributed by atoms with Crippen molar-refractivity contribution in [2.24, 2.45) is 0 Å². The van der Waals surface area contributed by atoms with Crippen LogP contribution in [-0.2, 0) is 14.3 Å². The van der Waals surface area contributed by atoms with Crippen molar-refractivity contribution in [2.45, 2.75) is 83.2 Å². The monoisotopic (exact) mass is 270 g/mol. The summed E-state index contributed by atoms with van der Waals surface area (Å²) in [5.41, 5.74) is -0.303. The van der Waals surface area contributed by atoms with Gasteiger partial charge in [0.1, 0.15) is 5.60 Å². The number of hydrogen-bond donors (Lipinski definition) is 1. The lowest BCUT2D eigenvalue weighted by Gasteiger charge is -2.37. The van der Waals surface area contributed by atoms with Gasteiger partial charge in [-0.1, -0.05) is 26.2 Å². The van der Waals surface area contributed by atoms with E-state index in [0.717, 1.165) is 51.4 Å². The normalized spacial score (nSPS) is 17.9. The fourth-order valence-electron chi connectivity index (χ4n) is 2.80. The number of carboxylic acid groups (broad SMARTS) is 1. The molecule has 0 aromatic heterocycles. The highest BCUT2D eigenvalue weighted by atomic mass is 16.6. The van der Waals surface area contributed by atoms with Crippen molar-refractivity contribution < 1.29 is 19.4 Å². The summed E-state index contributed by atoms with van der Waals surface area (Å²) >= 11 is 0. The van der Waals surface area contributed by atoms with E-state index in [-0.39, 0.29) is 24.4 Å². The van der Waals surface area contributed by atoms with Gasteiger partial charge >= 0.3 is 11.9 Å². The van der Waals surface area contributed by atoms with Crippen LogP contribution in [0.25, 0.3) is 0 Å². The third-order valence-corrected chi connectivity index (χ3v) is 3.87. The third kappa shape index (κ3) is 6.08. The van der Waals surface area contributed by atoms with Crippen LogP contribution in [0.15, 0.2) is 0 Å². The number of hydrogen-bond acceptors (Lipinski definition) is 3. The molecule has 19 heavy (non-hydrogen) atoms. The van der Waals surface area contributed by atoms with Gasteiger partial charge < -0.3 is 9.84 Å². The zero-order valence-electron chi connectivity index (χ0n) is 12.0. The van der Waals surface area contributed by atoms with Crippen molar-refractivity contribution in [1.29, 1.82) is 0 Å². The number of ether oxygens (including phenoxy) is 1. The van der Waals surface area contributed by atoms with Gasteiger partial charge in [0.05, 0.1) is 12.8 Å². The number of carbonyl (C=O) groups excluding carboxylic acids is 1. The standard InChI is InChI=1S/C15H26O4/c1-2-3-5-10-15(11-6-4-7-12-15)19-14(18)9-8-13(16)17/h2-12H2,1H3,(H,16,17). The molecular formula is C15H26O4. The minimum Gasteiger partial charge on any atom is -0.481 e. The molecule has 0 heterocycles. The van der Waals surface area contributed by atoms with E-state index in [1.807, 2.05) is 0 Å². The van der Waals surface area contributed by atoms with E-state index in [1.54, 1.807) is 0 Å². The van der Waals surface area contributed by atoms with E-state index >= 15 is 0 Å². The summed E-state index contributed by atoms with van der Waals surface area (Å²) in [6.45, 7) is 2.16. The lowest BCUT2D eigenvalue weighted by atomic mass is 9.81. The van der Waals surface area contributed by atoms with Gasteiger partial charge in [-0.15, -0.1) is 0 Å². The first-order valence-electron chi connectivity index (χ1n) is 7.51. The van der Waals surface area contributed by atoms with Crippen LogP contribution in [0.1, 0.15) is 77.6 Å². The highest BCUT2D eigenvalue weighted by molar-refractivity contribution is 5.76. The summed E-state index contributed by atoms with van der Waals surface area (Å²) in [6, 6.07) is 0. The molecule has 0 aromatic carbocycles. The van der Waals surface area contributed by atoms with Gasteiger partial charge in [0.25, 0.3) is 0 Å². The maximum Gasteiger partial charge on any atom is 0.306 e. The largest absolute Gasteiger partial charge is 0.481 e. The van der Waals surface area contributed by atoms with Gasteiger partial charge in [0.15, 0.2) is 0 Å². The zero-order chi connectivity index (χ0) is 14.1. The number of carbonyl (C=O) groups is 2. The quantitative estimate of drug-likeness (QED) is 0.540. The number of rotatable bonds is 8. The second kappa shape index (κ2) is 8.18. The van der Waals surface area contributed by atoms with Crippen molar-refractivity contribution in [1.82, 2.24) is 0 Å². The Hall–Kier alpha value is -1.06. The molecule has 0 unspecified atom stereocenters. The second-order valence-corrected chi connectivity index (χ2v) is 5.57. The molecule has 1 saturated carbocycles. The van der Waals surface area contributed by atoms with Crippen LogP contribution in [0.3, 0.4) is 0 Å². The van der Waals surface area contributed by atoms with Crippen LogP contribution < -0.4 is 0 Å². The van der Waals surface area contributed by atoms with Crippen LogP contribution in [0.4, 0.5) is 0 Å². The topological polar surface area (TPSA) is 63.6 Å². The summed E-state index contributed by atoms with van der Waals surface area (Å²) in [5, 5.41) is 8.60. The van der Waals surface area contributed by atoms with Gasteiger partial charge in [-0.25, -0.2) is 0 Å². The van der Waals surface area contributed by atoms with Crippen molar-refractivity contribution in [2.75, 3.05) is 0 Å². The third-order valence-electron chi connectivity index (χ3n) is 3.87. The summed E-state index contributed by atoms with van der Waals surface area (Å²) in [7, 11) is 0. The molecule has 0 saturated heterocycles. The van der Waals surface area contributed by atoms with Crippen LogP contribution in [0.5, 0.6) is 0 Å². The Morgan fingerprint density at radius 1 is 1.11 bits per heavy atom. The van der Waals surface area contributed by atoms with Crippen molar-refractivity contribution in [3.8, 4) is 0 Å².